The minimum atomic E-state index is -0.162. The maximum absolute atomic E-state index is 12.3. The van der Waals surface area contributed by atoms with Crippen molar-refractivity contribution in [2.75, 3.05) is 25.5 Å². The number of hydrogen-bond donors (Lipinski definition) is 3. The molecular weight excluding hydrogens is 342 g/mol. The molecule has 0 radical (unpaired) electrons. The molecule has 2 amide bonds. The van der Waals surface area contributed by atoms with Crippen molar-refractivity contribution in [3.05, 3.63) is 59.7 Å². The van der Waals surface area contributed by atoms with E-state index in [-0.39, 0.29) is 17.7 Å². The van der Waals surface area contributed by atoms with Crippen LogP contribution < -0.4 is 20.7 Å². The monoisotopic (exact) mass is 367 g/mol. The molecule has 2 aromatic rings. The van der Waals surface area contributed by atoms with Gasteiger partial charge < -0.3 is 20.7 Å². The number of rotatable bonds is 9. The van der Waals surface area contributed by atoms with Crippen molar-refractivity contribution in [3.63, 3.8) is 0 Å². The van der Waals surface area contributed by atoms with Gasteiger partial charge in [-0.3, -0.25) is 9.59 Å². The van der Waals surface area contributed by atoms with Crippen LogP contribution in [0.4, 0.5) is 5.69 Å². The van der Waals surface area contributed by atoms with Crippen molar-refractivity contribution in [2.24, 2.45) is 5.92 Å². The molecule has 6 nitrogen and oxygen atoms in total. The Bertz CT molecular complexity index is 786. The van der Waals surface area contributed by atoms with Gasteiger partial charge in [0.05, 0.1) is 7.11 Å². The normalized spacial score (nSPS) is 13.1. The van der Waals surface area contributed by atoms with Crippen LogP contribution in [0.2, 0.25) is 0 Å². The fourth-order valence-corrected chi connectivity index (χ4v) is 2.70. The smallest absolute Gasteiger partial charge is 0.255 e. The van der Waals surface area contributed by atoms with Gasteiger partial charge in [-0.25, -0.2) is 0 Å². The third-order valence-corrected chi connectivity index (χ3v) is 4.42. The van der Waals surface area contributed by atoms with E-state index in [1.165, 1.54) is 0 Å². The molecule has 1 fully saturated rings. The lowest BCUT2D eigenvalue weighted by Crippen LogP contribution is -2.32. The lowest BCUT2D eigenvalue weighted by atomic mass is 10.1. The van der Waals surface area contributed by atoms with Crippen LogP contribution in [0.1, 0.15) is 28.8 Å². The van der Waals surface area contributed by atoms with Gasteiger partial charge in [0.2, 0.25) is 5.91 Å². The highest BCUT2D eigenvalue weighted by molar-refractivity contribution is 6.04. The van der Waals surface area contributed by atoms with Gasteiger partial charge in [0.1, 0.15) is 5.75 Å². The molecule has 142 valence electrons. The van der Waals surface area contributed by atoms with E-state index in [0.717, 1.165) is 24.1 Å². The fraction of sp³-hybridized carbons (Fsp3) is 0.333. The van der Waals surface area contributed by atoms with Gasteiger partial charge in [-0.2, -0.15) is 0 Å². The van der Waals surface area contributed by atoms with Crippen molar-refractivity contribution in [2.45, 2.75) is 19.4 Å². The zero-order valence-corrected chi connectivity index (χ0v) is 15.5. The summed E-state index contributed by atoms with van der Waals surface area (Å²) < 4.78 is 5.10. The Hall–Kier alpha value is -2.86. The highest BCUT2D eigenvalue weighted by Crippen LogP contribution is 2.28. The molecular formula is C21H25N3O3. The third kappa shape index (κ3) is 5.82. The van der Waals surface area contributed by atoms with Crippen LogP contribution >= 0.6 is 0 Å². The summed E-state index contributed by atoms with van der Waals surface area (Å²) in [5, 5.41) is 9.13. The van der Waals surface area contributed by atoms with Crippen LogP contribution in [0.15, 0.2) is 48.5 Å². The van der Waals surface area contributed by atoms with Crippen molar-refractivity contribution in [1.29, 1.82) is 0 Å². The lowest BCUT2D eigenvalue weighted by molar-refractivity contribution is -0.122. The minimum Gasteiger partial charge on any atom is -0.497 e. The van der Waals surface area contributed by atoms with Crippen LogP contribution in [-0.4, -0.2) is 32.0 Å². The van der Waals surface area contributed by atoms with Crippen molar-refractivity contribution < 1.29 is 14.3 Å². The predicted molar refractivity (Wildman–Crippen MR) is 105 cm³/mol. The summed E-state index contributed by atoms with van der Waals surface area (Å²) in [6.07, 6.45) is 2.04. The van der Waals surface area contributed by atoms with Gasteiger partial charge in [-0.15, -0.1) is 0 Å². The first-order valence-electron chi connectivity index (χ1n) is 9.18. The summed E-state index contributed by atoms with van der Waals surface area (Å²) in [5.74, 6) is 0.967. The van der Waals surface area contributed by atoms with Crippen LogP contribution in [0, 0.1) is 5.92 Å². The van der Waals surface area contributed by atoms with E-state index in [2.05, 4.69) is 16.0 Å². The van der Waals surface area contributed by atoms with Crippen LogP contribution in [0.5, 0.6) is 5.75 Å². The highest BCUT2D eigenvalue weighted by Gasteiger charge is 2.28. The molecule has 0 atom stereocenters. The highest BCUT2D eigenvalue weighted by atomic mass is 16.5. The summed E-state index contributed by atoms with van der Waals surface area (Å²) in [6, 6.07) is 14.7. The number of hydrogen-bond acceptors (Lipinski definition) is 4. The Morgan fingerprint density at radius 3 is 2.56 bits per heavy atom. The number of carbonyl (C=O) groups excluding carboxylic acids is 2. The summed E-state index contributed by atoms with van der Waals surface area (Å²) in [5.41, 5.74) is 2.39. The zero-order valence-electron chi connectivity index (χ0n) is 15.5. The number of anilines is 1. The van der Waals surface area contributed by atoms with Crippen LogP contribution in [0.3, 0.4) is 0 Å². The quantitative estimate of drug-likeness (QED) is 0.595. The molecule has 6 heteroatoms. The summed E-state index contributed by atoms with van der Waals surface area (Å²) in [4.78, 5) is 23.9. The van der Waals surface area contributed by atoms with E-state index in [1.807, 2.05) is 24.3 Å². The van der Waals surface area contributed by atoms with Crippen molar-refractivity contribution >= 4 is 17.5 Å². The second-order valence-electron chi connectivity index (χ2n) is 6.63. The number of methoxy groups -OCH3 is 1. The Kier molecular flexibility index (Phi) is 6.44. The van der Waals surface area contributed by atoms with Gasteiger partial charge >= 0.3 is 0 Å². The molecule has 0 saturated heterocycles. The average molecular weight is 367 g/mol. The Balaban J connectivity index is 1.44. The first-order chi connectivity index (χ1) is 13.2. The number of benzene rings is 2. The van der Waals surface area contributed by atoms with E-state index in [4.69, 9.17) is 4.74 Å². The number of amides is 2. The number of ether oxygens (including phenoxy) is 1. The van der Waals surface area contributed by atoms with Crippen molar-refractivity contribution in [3.8, 4) is 5.75 Å². The minimum absolute atomic E-state index is 0.162. The van der Waals surface area contributed by atoms with Gasteiger partial charge in [0, 0.05) is 36.8 Å². The Morgan fingerprint density at radius 1 is 1.07 bits per heavy atom. The molecule has 0 bridgehead atoms. The van der Waals surface area contributed by atoms with E-state index in [9.17, 15) is 9.59 Å². The van der Waals surface area contributed by atoms with E-state index < -0.39 is 0 Å². The number of carbonyl (C=O) groups is 2. The first kappa shape index (κ1) is 18.9. The second kappa shape index (κ2) is 9.19. The predicted octanol–water partition coefficient (Wildman–Crippen LogP) is 2.56. The molecule has 3 N–H and O–H groups in total. The van der Waals surface area contributed by atoms with Crippen LogP contribution in [0.25, 0.3) is 0 Å². The molecule has 0 spiro atoms. The molecule has 1 aliphatic carbocycles. The number of nitrogens with one attached hydrogen (secondary N) is 3. The van der Waals surface area contributed by atoms with E-state index in [1.54, 1.807) is 31.4 Å². The maximum Gasteiger partial charge on any atom is 0.255 e. The molecule has 27 heavy (non-hydrogen) atoms. The molecule has 0 heterocycles. The third-order valence-electron chi connectivity index (χ3n) is 4.42. The van der Waals surface area contributed by atoms with Gasteiger partial charge in [0.25, 0.3) is 5.91 Å². The maximum atomic E-state index is 12.3. The second-order valence-corrected chi connectivity index (χ2v) is 6.63. The molecule has 0 aromatic heterocycles. The van der Waals surface area contributed by atoms with Crippen molar-refractivity contribution in [1.82, 2.24) is 10.6 Å². The summed E-state index contributed by atoms with van der Waals surface area (Å²) in [7, 11) is 1.59. The molecule has 0 unspecified atom stereocenters. The van der Waals surface area contributed by atoms with Gasteiger partial charge in [0.15, 0.2) is 0 Å². The Labute approximate surface area is 159 Å². The molecule has 1 aliphatic rings. The van der Waals surface area contributed by atoms with E-state index in [0.29, 0.717) is 30.9 Å². The first-order valence-corrected chi connectivity index (χ1v) is 9.18. The fourth-order valence-electron chi connectivity index (χ4n) is 2.70. The summed E-state index contributed by atoms with van der Waals surface area (Å²) >= 11 is 0. The largest absolute Gasteiger partial charge is 0.497 e. The molecule has 0 aliphatic heterocycles. The zero-order chi connectivity index (χ0) is 19.1. The standard InChI is InChI=1S/C21H25N3O3/c1-27-19-9-7-17(8-10-19)21(26)24-18-4-2-3-15(13-18)14-22-11-12-23-20(25)16-5-6-16/h2-4,7-10,13,16,22H,5-6,11-12,14H2,1H3,(H,23,25)(H,24,26). The average Bonchev–Trinajstić information content (AvgIpc) is 3.53. The molecule has 3 rings (SSSR count). The lowest BCUT2D eigenvalue weighted by Gasteiger charge is -2.09. The van der Waals surface area contributed by atoms with E-state index >= 15 is 0 Å². The summed E-state index contributed by atoms with van der Waals surface area (Å²) in [6.45, 7) is 2.01. The molecule has 1 saturated carbocycles. The molecule has 2 aromatic carbocycles. The van der Waals surface area contributed by atoms with Gasteiger partial charge in [-0.05, 0) is 54.8 Å². The van der Waals surface area contributed by atoms with Gasteiger partial charge in [-0.1, -0.05) is 12.1 Å². The Morgan fingerprint density at radius 2 is 1.85 bits per heavy atom. The van der Waals surface area contributed by atoms with Crippen LogP contribution in [-0.2, 0) is 11.3 Å². The topological polar surface area (TPSA) is 79.5 Å². The SMILES string of the molecule is COc1ccc(C(=O)Nc2cccc(CNCCNC(=O)C3CC3)c2)cc1.